The molecule has 2 aromatic rings. The molecule has 19 heavy (non-hydrogen) atoms. The molecule has 0 saturated carbocycles. The maximum Gasteiger partial charge on any atom is 0.233 e. The highest BCUT2D eigenvalue weighted by atomic mass is 16.5. The highest BCUT2D eigenvalue weighted by Gasteiger charge is 2.12. The minimum Gasteiger partial charge on any atom is -0.480 e. The number of hydrazine groups is 1. The quantitative estimate of drug-likeness (QED) is 0.627. The standard InChI is InChI=1S/C12H16N6O/c1-4-8-7(2)14-12(15-11(8)16-13)9-5-6-10(19-3)18-17-9/h5-6H,4,13H2,1-3H3,(H,14,15,16). The zero-order valence-electron chi connectivity index (χ0n) is 11.1. The molecule has 2 heterocycles. The van der Waals surface area contributed by atoms with E-state index < -0.39 is 0 Å². The lowest BCUT2D eigenvalue weighted by molar-refractivity contribution is 0.392. The van der Waals surface area contributed by atoms with Crippen LogP contribution in [0.3, 0.4) is 0 Å². The van der Waals surface area contributed by atoms with Crippen molar-refractivity contribution in [2.24, 2.45) is 5.84 Å². The number of ether oxygens (including phenoxy) is 1. The molecule has 3 N–H and O–H groups in total. The number of hydrogen-bond donors (Lipinski definition) is 2. The van der Waals surface area contributed by atoms with E-state index >= 15 is 0 Å². The lowest BCUT2D eigenvalue weighted by atomic mass is 10.1. The zero-order valence-corrected chi connectivity index (χ0v) is 11.1. The van der Waals surface area contributed by atoms with Gasteiger partial charge in [0.05, 0.1) is 7.11 Å². The second kappa shape index (κ2) is 5.57. The molecule has 7 heteroatoms. The minimum absolute atomic E-state index is 0.447. The summed E-state index contributed by atoms with van der Waals surface area (Å²) in [7, 11) is 1.54. The van der Waals surface area contributed by atoms with Crippen LogP contribution in [0.2, 0.25) is 0 Å². The first-order valence-corrected chi connectivity index (χ1v) is 5.91. The monoisotopic (exact) mass is 260 g/mol. The second-order valence-corrected chi connectivity index (χ2v) is 3.92. The number of methoxy groups -OCH3 is 1. The van der Waals surface area contributed by atoms with Crippen molar-refractivity contribution in [1.29, 1.82) is 0 Å². The first-order valence-electron chi connectivity index (χ1n) is 5.91. The number of rotatable bonds is 4. The van der Waals surface area contributed by atoms with Crippen LogP contribution < -0.4 is 16.0 Å². The summed E-state index contributed by atoms with van der Waals surface area (Å²) in [6.45, 7) is 3.95. The molecule has 0 bridgehead atoms. The molecule has 0 saturated heterocycles. The lowest BCUT2D eigenvalue weighted by Crippen LogP contribution is -2.14. The predicted molar refractivity (Wildman–Crippen MR) is 71.5 cm³/mol. The first-order chi connectivity index (χ1) is 9.19. The average Bonchev–Trinajstić information content (AvgIpc) is 2.46. The number of nitrogen functional groups attached to an aromatic ring is 1. The van der Waals surface area contributed by atoms with Crippen molar-refractivity contribution in [1.82, 2.24) is 20.2 Å². The fourth-order valence-electron chi connectivity index (χ4n) is 1.80. The summed E-state index contributed by atoms with van der Waals surface area (Å²) in [5, 5.41) is 7.92. The van der Waals surface area contributed by atoms with Gasteiger partial charge in [-0.3, -0.25) is 0 Å². The molecule has 0 atom stereocenters. The first kappa shape index (κ1) is 13.2. The van der Waals surface area contributed by atoms with Gasteiger partial charge >= 0.3 is 0 Å². The second-order valence-electron chi connectivity index (χ2n) is 3.92. The van der Waals surface area contributed by atoms with Gasteiger partial charge in [0.15, 0.2) is 5.82 Å². The Balaban J connectivity index is 2.47. The van der Waals surface area contributed by atoms with Gasteiger partial charge in [0, 0.05) is 17.3 Å². The van der Waals surface area contributed by atoms with Gasteiger partial charge in [-0.1, -0.05) is 6.92 Å². The molecule has 0 amide bonds. The highest BCUT2D eigenvalue weighted by molar-refractivity contribution is 5.56. The van der Waals surface area contributed by atoms with Crippen molar-refractivity contribution in [2.45, 2.75) is 20.3 Å². The van der Waals surface area contributed by atoms with E-state index in [1.165, 1.54) is 7.11 Å². The van der Waals surface area contributed by atoms with Gasteiger partial charge in [-0.05, 0) is 19.4 Å². The van der Waals surface area contributed by atoms with Crippen molar-refractivity contribution < 1.29 is 4.74 Å². The number of nitrogens with one attached hydrogen (secondary N) is 1. The van der Waals surface area contributed by atoms with Crippen LogP contribution in [0.1, 0.15) is 18.2 Å². The number of anilines is 1. The van der Waals surface area contributed by atoms with Crippen LogP contribution in [0.25, 0.3) is 11.5 Å². The molecule has 0 aromatic carbocycles. The lowest BCUT2D eigenvalue weighted by Gasteiger charge is -2.10. The third-order valence-corrected chi connectivity index (χ3v) is 2.78. The minimum atomic E-state index is 0.447. The molecule has 0 spiro atoms. The molecule has 0 radical (unpaired) electrons. The summed E-state index contributed by atoms with van der Waals surface area (Å²) in [6, 6.07) is 3.47. The largest absolute Gasteiger partial charge is 0.480 e. The number of nitrogens with zero attached hydrogens (tertiary/aromatic N) is 4. The van der Waals surface area contributed by atoms with Crippen molar-refractivity contribution in [2.75, 3.05) is 12.5 Å². The predicted octanol–water partition coefficient (Wildman–Crippen LogP) is 1.10. The zero-order chi connectivity index (χ0) is 13.8. The van der Waals surface area contributed by atoms with Gasteiger partial charge in [0.2, 0.25) is 5.88 Å². The molecule has 2 aromatic heterocycles. The van der Waals surface area contributed by atoms with E-state index in [0.29, 0.717) is 23.2 Å². The van der Waals surface area contributed by atoms with Crippen molar-refractivity contribution in [3.63, 3.8) is 0 Å². The van der Waals surface area contributed by atoms with Crippen LogP contribution in [-0.4, -0.2) is 27.3 Å². The van der Waals surface area contributed by atoms with E-state index in [9.17, 15) is 0 Å². The van der Waals surface area contributed by atoms with Crippen molar-refractivity contribution in [3.8, 4) is 17.4 Å². The Morgan fingerprint density at radius 3 is 2.58 bits per heavy atom. The molecule has 0 aliphatic carbocycles. The van der Waals surface area contributed by atoms with Crippen LogP contribution in [0.5, 0.6) is 5.88 Å². The van der Waals surface area contributed by atoms with E-state index in [-0.39, 0.29) is 0 Å². The van der Waals surface area contributed by atoms with E-state index in [4.69, 9.17) is 10.6 Å². The molecule has 2 rings (SSSR count). The molecular formula is C12H16N6O. The molecule has 100 valence electrons. The van der Waals surface area contributed by atoms with Crippen LogP contribution in [0.4, 0.5) is 5.82 Å². The van der Waals surface area contributed by atoms with Gasteiger partial charge in [-0.2, -0.15) is 0 Å². The molecule has 0 aliphatic heterocycles. The number of nitrogens with two attached hydrogens (primary N) is 1. The van der Waals surface area contributed by atoms with Gasteiger partial charge in [-0.25, -0.2) is 15.8 Å². The topological polar surface area (TPSA) is 98.8 Å². The van der Waals surface area contributed by atoms with Crippen molar-refractivity contribution in [3.05, 3.63) is 23.4 Å². The summed E-state index contributed by atoms with van der Waals surface area (Å²) >= 11 is 0. The maximum atomic E-state index is 5.49. The number of hydrogen-bond acceptors (Lipinski definition) is 7. The molecule has 7 nitrogen and oxygen atoms in total. The Hall–Kier alpha value is -2.28. The molecular weight excluding hydrogens is 244 g/mol. The fourth-order valence-corrected chi connectivity index (χ4v) is 1.80. The summed E-state index contributed by atoms with van der Waals surface area (Å²) in [6.07, 6.45) is 0.805. The van der Waals surface area contributed by atoms with Gasteiger partial charge in [0.1, 0.15) is 11.5 Å². The molecule has 0 fully saturated rings. The van der Waals surface area contributed by atoms with Gasteiger partial charge in [0.25, 0.3) is 0 Å². The van der Waals surface area contributed by atoms with Crippen LogP contribution in [-0.2, 0) is 6.42 Å². The third-order valence-electron chi connectivity index (χ3n) is 2.78. The Morgan fingerprint density at radius 2 is 2.05 bits per heavy atom. The van der Waals surface area contributed by atoms with E-state index in [1.54, 1.807) is 12.1 Å². The Kier molecular flexibility index (Phi) is 3.86. The third kappa shape index (κ3) is 2.60. The summed E-state index contributed by atoms with van der Waals surface area (Å²) in [5.41, 5.74) is 5.03. The normalized spacial score (nSPS) is 10.3. The van der Waals surface area contributed by atoms with Crippen LogP contribution in [0, 0.1) is 6.92 Å². The Morgan fingerprint density at radius 1 is 1.26 bits per heavy atom. The summed E-state index contributed by atoms with van der Waals surface area (Å²) in [4.78, 5) is 8.79. The van der Waals surface area contributed by atoms with Gasteiger partial charge < -0.3 is 10.2 Å². The van der Waals surface area contributed by atoms with Crippen molar-refractivity contribution >= 4 is 5.82 Å². The Labute approximate surface area is 111 Å². The summed E-state index contributed by atoms with van der Waals surface area (Å²) < 4.78 is 4.96. The molecule has 0 aliphatic rings. The van der Waals surface area contributed by atoms with Crippen LogP contribution >= 0.6 is 0 Å². The number of aryl methyl sites for hydroxylation is 1. The molecule has 0 unspecified atom stereocenters. The smallest absolute Gasteiger partial charge is 0.233 e. The van der Waals surface area contributed by atoms with E-state index in [1.807, 2.05) is 13.8 Å². The highest BCUT2D eigenvalue weighted by Crippen LogP contribution is 2.21. The summed E-state index contributed by atoms with van der Waals surface area (Å²) in [5.74, 6) is 7.04. The Bertz CT molecular complexity index is 569. The SMILES string of the molecule is CCc1c(C)nc(-c2ccc(OC)nn2)nc1NN. The van der Waals surface area contributed by atoms with Crippen LogP contribution in [0.15, 0.2) is 12.1 Å². The fraction of sp³-hybridized carbons (Fsp3) is 0.333. The number of aromatic nitrogens is 4. The maximum absolute atomic E-state index is 5.49. The van der Waals surface area contributed by atoms with E-state index in [0.717, 1.165) is 17.7 Å². The van der Waals surface area contributed by atoms with Gasteiger partial charge in [-0.15, -0.1) is 10.2 Å². The van der Waals surface area contributed by atoms with E-state index in [2.05, 4.69) is 25.6 Å². The average molecular weight is 260 g/mol.